The molecule has 0 saturated heterocycles. The summed E-state index contributed by atoms with van der Waals surface area (Å²) in [6.07, 6.45) is 1.30. The number of nitrogens with zero attached hydrogens (tertiary/aromatic N) is 1. The molecule has 21 heavy (non-hydrogen) atoms. The molecule has 0 aliphatic heterocycles. The zero-order valence-corrected chi connectivity index (χ0v) is 10.6. The van der Waals surface area contributed by atoms with Crippen molar-refractivity contribution < 1.29 is 24.5 Å². The van der Waals surface area contributed by atoms with E-state index >= 15 is 0 Å². The zero-order valence-electron chi connectivity index (χ0n) is 10.6. The lowest BCUT2D eigenvalue weighted by Crippen LogP contribution is -2.17. The number of hydrogen-bond acceptors (Lipinski definition) is 5. The highest BCUT2D eigenvalue weighted by molar-refractivity contribution is 5.96. The molecule has 0 saturated carbocycles. The molecule has 0 aliphatic carbocycles. The lowest BCUT2D eigenvalue weighted by Gasteiger charge is -2.04. The third-order valence-electron chi connectivity index (χ3n) is 2.58. The maximum Gasteiger partial charge on any atom is 0.271 e. The Bertz CT molecular complexity index is 676. The standard InChI is InChI=1S/C14H11FN2O4/c15-10-3-1-8(2-4-10)7-16-17-14(21)9-5-11(18)13(20)12(19)6-9/h1-7,18-20H,(H,17,21)/b16-7-. The van der Waals surface area contributed by atoms with E-state index in [-0.39, 0.29) is 11.4 Å². The minimum Gasteiger partial charge on any atom is -0.504 e. The molecule has 2 rings (SSSR count). The van der Waals surface area contributed by atoms with E-state index in [9.17, 15) is 19.4 Å². The fraction of sp³-hybridized carbons (Fsp3) is 0. The molecular weight excluding hydrogens is 279 g/mol. The number of amides is 1. The van der Waals surface area contributed by atoms with Crippen LogP contribution in [0.5, 0.6) is 17.2 Å². The molecule has 6 nitrogen and oxygen atoms in total. The first-order valence-electron chi connectivity index (χ1n) is 5.81. The molecule has 0 fully saturated rings. The number of halogens is 1. The predicted octanol–water partition coefficient (Wildman–Crippen LogP) is 1.71. The second-order valence-electron chi connectivity index (χ2n) is 4.11. The molecule has 1 amide bonds. The fourth-order valence-electron chi connectivity index (χ4n) is 1.51. The van der Waals surface area contributed by atoms with Gasteiger partial charge < -0.3 is 15.3 Å². The van der Waals surface area contributed by atoms with E-state index in [1.165, 1.54) is 30.5 Å². The number of hydrogen-bond donors (Lipinski definition) is 4. The Morgan fingerprint density at radius 3 is 2.24 bits per heavy atom. The maximum atomic E-state index is 12.7. The number of carbonyl (C=O) groups is 1. The predicted molar refractivity (Wildman–Crippen MR) is 72.9 cm³/mol. The Hall–Kier alpha value is -3.09. The van der Waals surface area contributed by atoms with Crippen LogP contribution in [0.1, 0.15) is 15.9 Å². The lowest BCUT2D eigenvalue weighted by atomic mass is 10.2. The van der Waals surface area contributed by atoms with Gasteiger partial charge in [-0.2, -0.15) is 5.10 Å². The lowest BCUT2D eigenvalue weighted by molar-refractivity contribution is 0.0954. The largest absolute Gasteiger partial charge is 0.504 e. The minimum atomic E-state index is -0.707. The van der Waals surface area contributed by atoms with Gasteiger partial charge in [0.15, 0.2) is 17.2 Å². The first-order chi connectivity index (χ1) is 9.97. The van der Waals surface area contributed by atoms with E-state index in [0.29, 0.717) is 5.56 Å². The second kappa shape index (κ2) is 5.91. The zero-order chi connectivity index (χ0) is 15.4. The third-order valence-corrected chi connectivity index (χ3v) is 2.58. The number of phenolic OH excluding ortho intramolecular Hbond substituents is 3. The van der Waals surface area contributed by atoms with Crippen LogP contribution >= 0.6 is 0 Å². The third kappa shape index (κ3) is 3.47. The van der Waals surface area contributed by atoms with Gasteiger partial charge in [-0.05, 0) is 29.8 Å². The topological polar surface area (TPSA) is 102 Å². The summed E-state index contributed by atoms with van der Waals surface area (Å²) in [5.41, 5.74) is 2.66. The van der Waals surface area contributed by atoms with Gasteiger partial charge in [0.25, 0.3) is 5.91 Å². The smallest absolute Gasteiger partial charge is 0.271 e. The van der Waals surface area contributed by atoms with Crippen molar-refractivity contribution in [3.63, 3.8) is 0 Å². The van der Waals surface area contributed by atoms with Crippen LogP contribution < -0.4 is 5.43 Å². The number of benzene rings is 2. The molecular formula is C14H11FN2O4. The number of phenols is 3. The highest BCUT2D eigenvalue weighted by Crippen LogP contribution is 2.35. The van der Waals surface area contributed by atoms with Crippen LogP contribution in [0.3, 0.4) is 0 Å². The van der Waals surface area contributed by atoms with E-state index in [2.05, 4.69) is 10.5 Å². The summed E-state index contributed by atoms with van der Waals surface area (Å²) in [7, 11) is 0. The van der Waals surface area contributed by atoms with Gasteiger partial charge >= 0.3 is 0 Å². The van der Waals surface area contributed by atoms with Crippen molar-refractivity contribution in [1.82, 2.24) is 5.43 Å². The van der Waals surface area contributed by atoms with Gasteiger partial charge in [-0.1, -0.05) is 12.1 Å². The molecule has 0 aromatic heterocycles. The SMILES string of the molecule is O=C(N/N=C\c1ccc(F)cc1)c1cc(O)c(O)c(O)c1. The van der Waals surface area contributed by atoms with E-state index < -0.39 is 23.2 Å². The van der Waals surface area contributed by atoms with Crippen molar-refractivity contribution in [2.45, 2.75) is 0 Å². The van der Waals surface area contributed by atoms with Crippen LogP contribution in [-0.4, -0.2) is 27.4 Å². The molecule has 0 spiro atoms. The van der Waals surface area contributed by atoms with Crippen LogP contribution in [0.2, 0.25) is 0 Å². The van der Waals surface area contributed by atoms with Crippen LogP contribution in [0, 0.1) is 5.82 Å². The van der Waals surface area contributed by atoms with Crippen molar-refractivity contribution in [2.75, 3.05) is 0 Å². The summed E-state index contributed by atoms with van der Waals surface area (Å²) in [6.45, 7) is 0. The summed E-state index contributed by atoms with van der Waals surface area (Å²) < 4.78 is 12.7. The quantitative estimate of drug-likeness (QED) is 0.392. The Kier molecular flexibility index (Phi) is 4.03. The van der Waals surface area contributed by atoms with Crippen molar-refractivity contribution >= 4 is 12.1 Å². The van der Waals surface area contributed by atoms with E-state index in [4.69, 9.17) is 5.11 Å². The Morgan fingerprint density at radius 1 is 1.10 bits per heavy atom. The molecule has 4 N–H and O–H groups in total. The summed E-state index contributed by atoms with van der Waals surface area (Å²) in [4.78, 5) is 11.7. The molecule has 0 bridgehead atoms. The van der Waals surface area contributed by atoms with Crippen LogP contribution in [0.15, 0.2) is 41.5 Å². The minimum absolute atomic E-state index is 0.0842. The van der Waals surface area contributed by atoms with Crippen molar-refractivity contribution in [2.24, 2.45) is 5.10 Å². The molecule has 108 valence electrons. The fourth-order valence-corrected chi connectivity index (χ4v) is 1.51. The molecule has 0 atom stereocenters. The number of nitrogens with one attached hydrogen (secondary N) is 1. The first kappa shape index (κ1) is 14.3. The molecule has 2 aromatic rings. The van der Waals surface area contributed by atoms with E-state index in [1.54, 1.807) is 0 Å². The Morgan fingerprint density at radius 2 is 1.67 bits per heavy atom. The van der Waals surface area contributed by atoms with Gasteiger partial charge in [0.2, 0.25) is 0 Å². The summed E-state index contributed by atoms with van der Waals surface area (Å²) in [5.74, 6) is -3.03. The first-order valence-corrected chi connectivity index (χ1v) is 5.81. The highest BCUT2D eigenvalue weighted by atomic mass is 19.1. The van der Waals surface area contributed by atoms with Gasteiger partial charge in [0, 0.05) is 5.56 Å². The molecule has 0 aliphatic rings. The maximum absolute atomic E-state index is 12.7. The van der Waals surface area contributed by atoms with E-state index in [1.807, 2.05) is 0 Å². The van der Waals surface area contributed by atoms with Gasteiger partial charge in [-0.3, -0.25) is 4.79 Å². The van der Waals surface area contributed by atoms with Gasteiger partial charge in [-0.25, -0.2) is 9.82 Å². The van der Waals surface area contributed by atoms with Crippen molar-refractivity contribution in [3.8, 4) is 17.2 Å². The molecule has 0 radical (unpaired) electrons. The molecule has 2 aromatic carbocycles. The van der Waals surface area contributed by atoms with Crippen LogP contribution in [0.4, 0.5) is 4.39 Å². The van der Waals surface area contributed by atoms with Crippen LogP contribution in [-0.2, 0) is 0 Å². The molecule has 7 heteroatoms. The Labute approximate surface area is 118 Å². The average molecular weight is 290 g/mol. The second-order valence-corrected chi connectivity index (χ2v) is 4.11. The summed E-state index contributed by atoms with van der Waals surface area (Å²) >= 11 is 0. The summed E-state index contributed by atoms with van der Waals surface area (Å²) in [6, 6.07) is 7.42. The summed E-state index contributed by atoms with van der Waals surface area (Å²) in [5, 5.41) is 31.4. The molecule has 0 heterocycles. The monoisotopic (exact) mass is 290 g/mol. The number of hydrazone groups is 1. The van der Waals surface area contributed by atoms with Gasteiger partial charge in [0.05, 0.1) is 6.21 Å². The van der Waals surface area contributed by atoms with Crippen molar-refractivity contribution in [3.05, 3.63) is 53.3 Å². The van der Waals surface area contributed by atoms with Crippen molar-refractivity contribution in [1.29, 1.82) is 0 Å². The van der Waals surface area contributed by atoms with Crippen LogP contribution in [0.25, 0.3) is 0 Å². The van der Waals surface area contributed by atoms with Gasteiger partial charge in [0.1, 0.15) is 5.82 Å². The van der Waals surface area contributed by atoms with Gasteiger partial charge in [-0.15, -0.1) is 0 Å². The average Bonchev–Trinajstić information content (AvgIpc) is 2.46. The number of carbonyl (C=O) groups excluding carboxylic acids is 1. The Balaban J connectivity index is 2.06. The highest BCUT2D eigenvalue weighted by Gasteiger charge is 2.12. The number of rotatable bonds is 3. The van der Waals surface area contributed by atoms with E-state index in [0.717, 1.165) is 12.1 Å². The normalized spacial score (nSPS) is 10.7. The number of aromatic hydroxyl groups is 3. The molecule has 0 unspecified atom stereocenters.